The van der Waals surface area contributed by atoms with E-state index < -0.39 is 0 Å². The maximum absolute atomic E-state index is 6.10. The van der Waals surface area contributed by atoms with E-state index in [4.69, 9.17) is 4.74 Å². The molecule has 0 fully saturated rings. The number of hydrogen-bond acceptors (Lipinski definition) is 3. The van der Waals surface area contributed by atoms with E-state index in [9.17, 15) is 0 Å². The lowest BCUT2D eigenvalue weighted by molar-refractivity contribution is 0.298. The monoisotopic (exact) mass is 333 g/mol. The predicted octanol–water partition coefficient (Wildman–Crippen LogP) is 3.74. The smallest absolute Gasteiger partial charge is 0.124 e. The zero-order valence-electron chi connectivity index (χ0n) is 14.4. The molecule has 4 heteroatoms. The van der Waals surface area contributed by atoms with Gasteiger partial charge in [0, 0.05) is 43.0 Å². The van der Waals surface area contributed by atoms with Gasteiger partial charge in [0.1, 0.15) is 18.2 Å². The van der Waals surface area contributed by atoms with Crippen molar-refractivity contribution in [2.45, 2.75) is 38.6 Å². The highest BCUT2D eigenvalue weighted by molar-refractivity contribution is 5.36. The molecule has 0 saturated carbocycles. The van der Waals surface area contributed by atoms with Crippen molar-refractivity contribution < 1.29 is 4.74 Å². The Bertz CT molecular complexity index is 807. The lowest BCUT2D eigenvalue weighted by atomic mass is 10.1. The number of para-hydroxylation sites is 1. The van der Waals surface area contributed by atoms with Crippen LogP contribution in [-0.2, 0) is 19.6 Å². The second-order valence-corrected chi connectivity index (χ2v) is 6.60. The van der Waals surface area contributed by atoms with E-state index in [1.54, 1.807) is 0 Å². The number of aromatic nitrogens is 2. The van der Waals surface area contributed by atoms with Crippen molar-refractivity contribution in [1.29, 1.82) is 0 Å². The molecule has 2 aromatic carbocycles. The van der Waals surface area contributed by atoms with Gasteiger partial charge in [-0.2, -0.15) is 0 Å². The summed E-state index contributed by atoms with van der Waals surface area (Å²) in [5.41, 5.74) is 2.38. The van der Waals surface area contributed by atoms with Gasteiger partial charge in [-0.15, -0.1) is 0 Å². The SMILES string of the molecule is CC(NC1Cc2nccn2C1)c1ccccc1OCc1ccccc1. The maximum atomic E-state index is 6.10. The van der Waals surface area contributed by atoms with Gasteiger partial charge in [0.05, 0.1) is 0 Å². The molecule has 1 aliphatic rings. The molecule has 3 aromatic rings. The van der Waals surface area contributed by atoms with E-state index in [0.29, 0.717) is 12.6 Å². The zero-order chi connectivity index (χ0) is 17.1. The summed E-state index contributed by atoms with van der Waals surface area (Å²) in [6.45, 7) is 3.77. The molecule has 4 rings (SSSR count). The first-order valence-electron chi connectivity index (χ1n) is 8.81. The Morgan fingerprint density at radius 2 is 1.96 bits per heavy atom. The molecule has 1 aromatic heterocycles. The van der Waals surface area contributed by atoms with E-state index in [2.05, 4.69) is 58.3 Å². The summed E-state index contributed by atoms with van der Waals surface area (Å²) in [5.74, 6) is 2.11. The number of ether oxygens (including phenoxy) is 1. The maximum Gasteiger partial charge on any atom is 0.124 e. The third kappa shape index (κ3) is 3.59. The van der Waals surface area contributed by atoms with Crippen molar-refractivity contribution in [3.8, 4) is 5.75 Å². The Labute approximate surface area is 148 Å². The molecule has 128 valence electrons. The summed E-state index contributed by atoms with van der Waals surface area (Å²) in [7, 11) is 0. The first-order valence-corrected chi connectivity index (χ1v) is 8.81. The van der Waals surface area contributed by atoms with Crippen LogP contribution in [-0.4, -0.2) is 15.6 Å². The minimum Gasteiger partial charge on any atom is -0.489 e. The summed E-state index contributed by atoms with van der Waals surface area (Å²) < 4.78 is 8.32. The van der Waals surface area contributed by atoms with Crippen molar-refractivity contribution in [3.63, 3.8) is 0 Å². The Hall–Kier alpha value is -2.59. The number of benzene rings is 2. The van der Waals surface area contributed by atoms with Crippen LogP contribution in [0.1, 0.15) is 29.9 Å². The highest BCUT2D eigenvalue weighted by atomic mass is 16.5. The summed E-state index contributed by atoms with van der Waals surface area (Å²) in [5, 5.41) is 3.73. The molecular weight excluding hydrogens is 310 g/mol. The Balaban J connectivity index is 1.42. The fraction of sp³-hybridized carbons (Fsp3) is 0.286. The molecule has 0 amide bonds. The van der Waals surface area contributed by atoms with Crippen LogP contribution in [0, 0.1) is 0 Å². The highest BCUT2D eigenvalue weighted by Gasteiger charge is 2.24. The van der Waals surface area contributed by atoms with Gasteiger partial charge in [0.2, 0.25) is 0 Å². The van der Waals surface area contributed by atoms with Gasteiger partial charge in [-0.25, -0.2) is 4.98 Å². The molecule has 0 spiro atoms. The number of rotatable bonds is 6. The van der Waals surface area contributed by atoms with Crippen LogP contribution in [0.3, 0.4) is 0 Å². The molecule has 0 radical (unpaired) electrons. The minimum absolute atomic E-state index is 0.224. The van der Waals surface area contributed by atoms with Crippen LogP contribution in [0.25, 0.3) is 0 Å². The highest BCUT2D eigenvalue weighted by Crippen LogP contribution is 2.27. The van der Waals surface area contributed by atoms with E-state index in [1.807, 2.05) is 30.5 Å². The number of nitrogens with zero attached hydrogens (tertiary/aromatic N) is 2. The molecule has 0 bridgehead atoms. The number of imidazole rings is 1. The average Bonchev–Trinajstić information content (AvgIpc) is 3.22. The molecule has 2 atom stereocenters. The Morgan fingerprint density at radius 3 is 2.80 bits per heavy atom. The van der Waals surface area contributed by atoms with E-state index in [1.165, 1.54) is 17.0 Å². The van der Waals surface area contributed by atoms with Crippen molar-refractivity contribution in [2.75, 3.05) is 0 Å². The van der Waals surface area contributed by atoms with Crippen LogP contribution in [0.15, 0.2) is 67.0 Å². The third-order valence-electron chi connectivity index (χ3n) is 4.76. The molecule has 4 nitrogen and oxygen atoms in total. The molecule has 0 aliphatic carbocycles. The molecule has 2 unspecified atom stereocenters. The number of nitrogens with one attached hydrogen (secondary N) is 1. The molecule has 0 saturated heterocycles. The van der Waals surface area contributed by atoms with E-state index in [0.717, 1.165) is 18.7 Å². The van der Waals surface area contributed by atoms with Gasteiger partial charge in [-0.05, 0) is 18.6 Å². The Morgan fingerprint density at radius 1 is 1.16 bits per heavy atom. The van der Waals surface area contributed by atoms with Gasteiger partial charge >= 0.3 is 0 Å². The third-order valence-corrected chi connectivity index (χ3v) is 4.76. The lowest BCUT2D eigenvalue weighted by Gasteiger charge is -2.22. The summed E-state index contributed by atoms with van der Waals surface area (Å²) >= 11 is 0. The second-order valence-electron chi connectivity index (χ2n) is 6.60. The molecule has 1 aliphatic heterocycles. The van der Waals surface area contributed by atoms with Crippen molar-refractivity contribution >= 4 is 0 Å². The first-order chi connectivity index (χ1) is 12.3. The molecule has 25 heavy (non-hydrogen) atoms. The molecule has 1 N–H and O–H groups in total. The standard InChI is InChI=1S/C21H23N3O/c1-16(23-18-13-21-22-11-12-24(21)14-18)19-9-5-6-10-20(19)25-15-17-7-3-2-4-8-17/h2-12,16,18,23H,13-15H2,1H3. The molecular formula is C21H23N3O. The second kappa shape index (κ2) is 7.11. The zero-order valence-corrected chi connectivity index (χ0v) is 14.4. The van der Waals surface area contributed by atoms with Crippen LogP contribution < -0.4 is 10.1 Å². The minimum atomic E-state index is 0.224. The summed E-state index contributed by atoms with van der Waals surface area (Å²) in [6.07, 6.45) is 4.91. The van der Waals surface area contributed by atoms with Gasteiger partial charge in [-0.3, -0.25) is 0 Å². The number of hydrogen-bond donors (Lipinski definition) is 1. The van der Waals surface area contributed by atoms with Crippen LogP contribution >= 0.6 is 0 Å². The van der Waals surface area contributed by atoms with Gasteiger partial charge < -0.3 is 14.6 Å². The van der Waals surface area contributed by atoms with Crippen LogP contribution in [0.2, 0.25) is 0 Å². The summed E-state index contributed by atoms with van der Waals surface area (Å²) in [6, 6.07) is 19.2. The fourth-order valence-corrected chi connectivity index (χ4v) is 3.48. The first kappa shape index (κ1) is 15.9. The lowest BCUT2D eigenvalue weighted by Crippen LogP contribution is -2.33. The van der Waals surface area contributed by atoms with Crippen LogP contribution in [0.4, 0.5) is 0 Å². The number of fused-ring (bicyclic) bond motifs is 1. The van der Waals surface area contributed by atoms with Crippen molar-refractivity contribution in [3.05, 3.63) is 83.9 Å². The molecule has 2 heterocycles. The van der Waals surface area contributed by atoms with Gasteiger partial charge in [0.15, 0.2) is 0 Å². The summed E-state index contributed by atoms with van der Waals surface area (Å²) in [4.78, 5) is 4.41. The largest absolute Gasteiger partial charge is 0.489 e. The average molecular weight is 333 g/mol. The Kier molecular flexibility index (Phi) is 4.53. The van der Waals surface area contributed by atoms with E-state index in [-0.39, 0.29) is 6.04 Å². The normalized spacial score (nSPS) is 17.2. The van der Waals surface area contributed by atoms with Crippen LogP contribution in [0.5, 0.6) is 5.75 Å². The fourth-order valence-electron chi connectivity index (χ4n) is 3.48. The van der Waals surface area contributed by atoms with E-state index >= 15 is 0 Å². The van der Waals surface area contributed by atoms with Crippen molar-refractivity contribution in [2.24, 2.45) is 0 Å². The quantitative estimate of drug-likeness (QED) is 0.747. The topological polar surface area (TPSA) is 39.1 Å². The van der Waals surface area contributed by atoms with Gasteiger partial charge in [0.25, 0.3) is 0 Å². The van der Waals surface area contributed by atoms with Gasteiger partial charge in [-0.1, -0.05) is 48.5 Å². The predicted molar refractivity (Wildman–Crippen MR) is 98.5 cm³/mol. The van der Waals surface area contributed by atoms with Crippen molar-refractivity contribution in [1.82, 2.24) is 14.9 Å².